The number of halogens is 6. The molecule has 0 unspecified atom stereocenters. The Labute approximate surface area is 646 Å². The zero-order valence-corrected chi connectivity index (χ0v) is 63.4. The summed E-state index contributed by atoms with van der Waals surface area (Å²) in [6, 6.07) is 63.6. The van der Waals surface area contributed by atoms with Crippen molar-refractivity contribution < 1.29 is 54.9 Å². The molecular formula is C93H85F6N5O6S. The van der Waals surface area contributed by atoms with Crippen LogP contribution in [0.2, 0.25) is 0 Å². The van der Waals surface area contributed by atoms with Gasteiger partial charge in [-0.05, 0) is 233 Å². The predicted octanol–water partition coefficient (Wildman–Crippen LogP) is 23.8. The van der Waals surface area contributed by atoms with Crippen LogP contribution in [0.5, 0.6) is 22.3 Å². The number of nitrogens with one attached hydrogen (secondary N) is 3. The van der Waals surface area contributed by atoms with Crippen LogP contribution in [0, 0.1) is 34.9 Å². The monoisotopic (exact) mass is 1510 g/mol. The topological polar surface area (TPSA) is 141 Å². The normalized spacial score (nSPS) is 13.0. The van der Waals surface area contributed by atoms with Crippen LogP contribution in [0.1, 0.15) is 175 Å². The Bertz CT molecular complexity index is 5500. The van der Waals surface area contributed by atoms with E-state index in [9.17, 15) is 40.7 Å². The number of carbonyl (C=O) groups excluding carboxylic acids is 3. The summed E-state index contributed by atoms with van der Waals surface area (Å²) in [5.41, 5.74) is 12.4. The third-order valence-corrected chi connectivity index (χ3v) is 20.7. The maximum atomic E-state index is 13.8. The third kappa shape index (κ3) is 18.5. The van der Waals surface area contributed by atoms with Gasteiger partial charge in [0.15, 0.2) is 40.0 Å². The van der Waals surface area contributed by atoms with E-state index < -0.39 is 34.9 Å². The smallest absolute Gasteiger partial charge is 0.252 e. The SMILES string of the molecule is CC(C)c1c(-c2ccccc2)cc2cc(Oc3cccs3)ccc2c1C(=O)NCc1ccc(F)c(F)c1.CC(C)c1c(-c2ccccc2)nc2cc(OC3CCCC3)ccc2c1C(=O)NCc1ccc(F)c(F)c1.CC(C)c1c(-c2ccccc2)nc2ccc(OC3CCCC3)cc2c1C(=O)NCc1ccc(F)c(F)c1. The minimum atomic E-state index is -0.941. The first kappa shape index (κ1) is 77.5. The summed E-state index contributed by atoms with van der Waals surface area (Å²) >= 11 is 1.51. The average Bonchev–Trinajstić information content (AvgIpc) is 1.00. The summed E-state index contributed by atoms with van der Waals surface area (Å²) in [4.78, 5) is 51.3. The highest BCUT2D eigenvalue weighted by Gasteiger charge is 2.29. The third-order valence-electron chi connectivity index (χ3n) is 20.0. The largest absolute Gasteiger partial charge is 0.490 e. The van der Waals surface area contributed by atoms with Crippen LogP contribution in [0.4, 0.5) is 26.3 Å². The number of hydrogen-bond donors (Lipinski definition) is 3. The van der Waals surface area contributed by atoms with E-state index in [2.05, 4.69) is 35.9 Å². The van der Waals surface area contributed by atoms with Crippen molar-refractivity contribution in [2.45, 2.75) is 143 Å². The molecule has 3 N–H and O–H groups in total. The van der Waals surface area contributed by atoms with Crippen molar-refractivity contribution in [1.82, 2.24) is 25.9 Å². The fourth-order valence-electron chi connectivity index (χ4n) is 14.7. The van der Waals surface area contributed by atoms with Gasteiger partial charge in [0.2, 0.25) is 0 Å². The number of rotatable bonds is 21. The summed E-state index contributed by atoms with van der Waals surface area (Å²) in [7, 11) is 0. The fraction of sp³-hybridized carbons (Fsp3) is 0.237. The second-order valence-electron chi connectivity index (χ2n) is 28.9. The quantitative estimate of drug-likeness (QED) is 0.0604. The predicted molar refractivity (Wildman–Crippen MR) is 429 cm³/mol. The zero-order valence-electron chi connectivity index (χ0n) is 62.5. The highest BCUT2D eigenvalue weighted by Crippen LogP contribution is 2.42. The van der Waals surface area contributed by atoms with E-state index >= 15 is 0 Å². The average molecular weight is 1510 g/mol. The molecule has 10 aromatic carbocycles. The van der Waals surface area contributed by atoms with Crippen molar-refractivity contribution in [3.05, 3.63) is 309 Å². The number of nitrogens with zero attached hydrogens (tertiary/aromatic N) is 2. The van der Waals surface area contributed by atoms with Gasteiger partial charge in [0.05, 0.1) is 51.3 Å². The second kappa shape index (κ2) is 35.4. The van der Waals surface area contributed by atoms with E-state index in [1.165, 1.54) is 42.4 Å². The molecule has 566 valence electrons. The molecule has 111 heavy (non-hydrogen) atoms. The first-order chi connectivity index (χ1) is 53.7. The number of aromatic nitrogens is 2. The number of amides is 3. The lowest BCUT2D eigenvalue weighted by atomic mass is 9.84. The lowest BCUT2D eigenvalue weighted by Crippen LogP contribution is -2.25. The van der Waals surface area contributed by atoms with Gasteiger partial charge in [0, 0.05) is 47.6 Å². The summed E-state index contributed by atoms with van der Waals surface area (Å²) < 4.78 is 99.8. The standard InChI is InChI=1S/2C31H30F2N2O2.C31H25F2NO2S/c1-19(2)28-29(31(36)34-18-20-12-15-25(32)26(33)16-20)24-14-13-23(37-22-10-6-7-11-22)17-27(24)35-30(28)21-8-4-3-5-9-21;1-19(2)28-29(31(36)34-18-20-12-14-25(32)26(33)16-20)24-17-23(37-22-10-6-7-11-22)13-15-27(24)35-30(28)21-8-4-3-5-9-21;1-19(2)29-25(21-7-4-3-5-8-21)17-22-16-23(36-28-9-6-14-37-28)11-12-24(22)30(29)31(35)34-18-20-10-13-26(32)27(33)15-20/h2*3-5,8-9,12-17,19,22H,6-7,10-11,18H2,1-2H3,(H,34,36);3-17,19H,18H2,1-2H3,(H,34,35). The molecule has 13 aromatic rings. The van der Waals surface area contributed by atoms with Crippen LogP contribution in [0.15, 0.2) is 224 Å². The molecule has 0 bridgehead atoms. The zero-order chi connectivity index (χ0) is 77.8. The molecule has 15 rings (SSSR count). The summed E-state index contributed by atoms with van der Waals surface area (Å²) in [6.45, 7) is 12.5. The Hall–Kier alpha value is -11.6. The van der Waals surface area contributed by atoms with E-state index in [0.29, 0.717) is 55.5 Å². The van der Waals surface area contributed by atoms with Crippen molar-refractivity contribution in [1.29, 1.82) is 0 Å². The molecule has 0 spiro atoms. The minimum Gasteiger partial charge on any atom is -0.490 e. The van der Waals surface area contributed by atoms with Gasteiger partial charge in [-0.2, -0.15) is 0 Å². The molecule has 2 aliphatic rings. The number of ether oxygens (including phenoxy) is 3. The van der Waals surface area contributed by atoms with Gasteiger partial charge in [-0.3, -0.25) is 14.4 Å². The van der Waals surface area contributed by atoms with E-state index in [4.69, 9.17) is 24.2 Å². The molecule has 3 amide bonds. The number of thiophene rings is 1. The summed E-state index contributed by atoms with van der Waals surface area (Å²) in [5, 5.41) is 14.6. The molecule has 11 nitrogen and oxygen atoms in total. The number of pyridine rings is 2. The molecule has 0 radical (unpaired) electrons. The molecule has 3 heterocycles. The van der Waals surface area contributed by atoms with E-state index in [-0.39, 0.29) is 67.3 Å². The van der Waals surface area contributed by atoms with Gasteiger partial charge in [0.1, 0.15) is 17.2 Å². The molecule has 0 atom stereocenters. The van der Waals surface area contributed by atoms with E-state index in [1.807, 2.05) is 191 Å². The number of carbonyl (C=O) groups is 3. The Morgan fingerprint density at radius 1 is 0.396 bits per heavy atom. The molecular weight excluding hydrogens is 1430 g/mol. The first-order valence-electron chi connectivity index (χ1n) is 37.6. The molecule has 2 saturated carbocycles. The van der Waals surface area contributed by atoms with Gasteiger partial charge in [0.25, 0.3) is 17.7 Å². The molecule has 0 saturated heterocycles. The van der Waals surface area contributed by atoms with Crippen LogP contribution in [0.3, 0.4) is 0 Å². The lowest BCUT2D eigenvalue weighted by Gasteiger charge is -2.21. The maximum Gasteiger partial charge on any atom is 0.252 e. The lowest BCUT2D eigenvalue weighted by molar-refractivity contribution is 0.0943. The highest BCUT2D eigenvalue weighted by molar-refractivity contribution is 7.11. The maximum absolute atomic E-state index is 13.8. The summed E-state index contributed by atoms with van der Waals surface area (Å²) in [6.07, 6.45) is 9.22. The summed E-state index contributed by atoms with van der Waals surface area (Å²) in [5.74, 6) is -4.24. The molecule has 2 aliphatic carbocycles. The second-order valence-corrected chi connectivity index (χ2v) is 29.8. The molecule has 2 fully saturated rings. The van der Waals surface area contributed by atoms with Crippen molar-refractivity contribution in [3.8, 4) is 56.0 Å². The van der Waals surface area contributed by atoms with Crippen molar-refractivity contribution >= 4 is 61.6 Å². The number of fused-ring (bicyclic) bond motifs is 3. The minimum absolute atomic E-state index is 0.00414. The van der Waals surface area contributed by atoms with Crippen LogP contribution < -0.4 is 30.2 Å². The molecule has 3 aromatic heterocycles. The van der Waals surface area contributed by atoms with Crippen molar-refractivity contribution in [2.24, 2.45) is 0 Å². The first-order valence-corrected chi connectivity index (χ1v) is 38.5. The highest BCUT2D eigenvalue weighted by atomic mass is 32.1. The van der Waals surface area contributed by atoms with E-state index in [1.54, 1.807) is 0 Å². The van der Waals surface area contributed by atoms with Crippen LogP contribution >= 0.6 is 11.3 Å². The number of benzene rings is 10. The van der Waals surface area contributed by atoms with Gasteiger partial charge in [-0.1, -0.05) is 151 Å². The van der Waals surface area contributed by atoms with Gasteiger partial charge in [-0.15, -0.1) is 11.3 Å². The van der Waals surface area contributed by atoms with Crippen LogP contribution in [0.25, 0.3) is 66.2 Å². The Morgan fingerprint density at radius 3 is 1.26 bits per heavy atom. The van der Waals surface area contributed by atoms with Crippen molar-refractivity contribution in [2.75, 3.05) is 0 Å². The van der Waals surface area contributed by atoms with Crippen molar-refractivity contribution in [3.63, 3.8) is 0 Å². The molecule has 18 heteroatoms. The molecule has 0 aliphatic heterocycles. The van der Waals surface area contributed by atoms with Gasteiger partial charge >= 0.3 is 0 Å². The van der Waals surface area contributed by atoms with Crippen LogP contribution in [-0.4, -0.2) is 39.9 Å². The Kier molecular flexibility index (Phi) is 24.7. The Morgan fingerprint density at radius 2 is 0.811 bits per heavy atom. The number of hydrogen-bond acceptors (Lipinski definition) is 9. The van der Waals surface area contributed by atoms with Crippen LogP contribution in [-0.2, 0) is 19.6 Å². The fourth-order valence-corrected chi connectivity index (χ4v) is 15.3. The Balaban J connectivity index is 0.000000146. The van der Waals surface area contributed by atoms with Gasteiger partial charge < -0.3 is 30.2 Å². The van der Waals surface area contributed by atoms with E-state index in [0.717, 1.165) is 158 Å². The van der Waals surface area contributed by atoms with Gasteiger partial charge in [-0.25, -0.2) is 36.3 Å².